The highest BCUT2D eigenvalue weighted by molar-refractivity contribution is 7.90. The quantitative estimate of drug-likeness (QED) is 0.360. The van der Waals surface area contributed by atoms with E-state index in [4.69, 9.17) is 15.0 Å². The fourth-order valence-electron chi connectivity index (χ4n) is 3.25. The summed E-state index contributed by atoms with van der Waals surface area (Å²) in [6, 6.07) is 9.62. The summed E-state index contributed by atoms with van der Waals surface area (Å²) < 4.78 is 69.1. The van der Waals surface area contributed by atoms with Gasteiger partial charge in [0.2, 0.25) is 5.88 Å². The molecule has 5 rings (SSSR count). The van der Waals surface area contributed by atoms with E-state index in [9.17, 15) is 17.2 Å². The van der Waals surface area contributed by atoms with E-state index in [1.54, 1.807) is 30.3 Å². The molecular formula is C21H13F2N5O4S2. The fourth-order valence-corrected chi connectivity index (χ4v) is 5.43. The van der Waals surface area contributed by atoms with E-state index in [1.165, 1.54) is 12.5 Å². The molecule has 0 amide bonds. The summed E-state index contributed by atoms with van der Waals surface area (Å²) >= 11 is 0.854. The van der Waals surface area contributed by atoms with E-state index in [0.29, 0.717) is 34.2 Å². The second kappa shape index (κ2) is 8.43. The molecule has 5 aromatic rings. The maximum atomic E-state index is 14.8. The second-order valence-electron chi connectivity index (χ2n) is 7.04. The highest BCUT2D eigenvalue weighted by Gasteiger charge is 2.25. The van der Waals surface area contributed by atoms with Crippen LogP contribution >= 0.6 is 11.5 Å². The van der Waals surface area contributed by atoms with E-state index in [-0.39, 0.29) is 16.7 Å². The Labute approximate surface area is 194 Å². The predicted molar refractivity (Wildman–Crippen MR) is 119 cm³/mol. The lowest BCUT2D eigenvalue weighted by Gasteiger charge is -2.12. The molecule has 172 valence electrons. The Balaban J connectivity index is 1.49. The lowest BCUT2D eigenvalue weighted by atomic mass is 10.1. The monoisotopic (exact) mass is 501 g/mol. The van der Waals surface area contributed by atoms with Gasteiger partial charge in [0.15, 0.2) is 32.8 Å². The molecule has 0 unspecified atom stereocenters. The number of nitrogens with two attached hydrogens (primary N) is 1. The van der Waals surface area contributed by atoms with E-state index in [2.05, 4.69) is 19.5 Å². The number of rotatable bonds is 6. The molecule has 0 saturated heterocycles. The first-order valence-corrected chi connectivity index (χ1v) is 12.0. The molecule has 34 heavy (non-hydrogen) atoms. The number of hydrogen-bond acceptors (Lipinski definition) is 10. The Morgan fingerprint density at radius 3 is 2.74 bits per heavy atom. The largest absolute Gasteiger partial charge is 0.435 e. The van der Waals surface area contributed by atoms with Crippen molar-refractivity contribution in [3.63, 3.8) is 0 Å². The molecule has 0 fully saturated rings. The van der Waals surface area contributed by atoms with E-state index in [1.807, 2.05) is 0 Å². The van der Waals surface area contributed by atoms with E-state index < -0.39 is 37.9 Å². The van der Waals surface area contributed by atoms with Gasteiger partial charge in [0, 0.05) is 17.8 Å². The SMILES string of the molecule is Nc1noc2ccc(-c3cccnc3Oc3cc(F)c(S(=O)(=O)Cc4ncns4)cc3F)cc12. The predicted octanol–water partition coefficient (Wildman–Crippen LogP) is 4.37. The van der Waals surface area contributed by atoms with Crippen LogP contribution in [0.5, 0.6) is 11.6 Å². The zero-order valence-electron chi connectivity index (χ0n) is 17.0. The summed E-state index contributed by atoms with van der Waals surface area (Å²) in [6.45, 7) is 0. The van der Waals surface area contributed by atoms with Crippen LogP contribution in [0.3, 0.4) is 0 Å². The molecule has 2 N–H and O–H groups in total. The smallest absolute Gasteiger partial charge is 0.227 e. The molecule has 0 aliphatic carbocycles. The van der Waals surface area contributed by atoms with Gasteiger partial charge in [-0.3, -0.25) is 0 Å². The van der Waals surface area contributed by atoms with Gasteiger partial charge in [-0.05, 0) is 47.4 Å². The van der Waals surface area contributed by atoms with Crippen LogP contribution in [0.15, 0.2) is 64.4 Å². The molecule has 3 heterocycles. The molecule has 0 atom stereocenters. The number of aromatic nitrogens is 4. The van der Waals surface area contributed by atoms with Crippen LogP contribution in [0.25, 0.3) is 22.1 Å². The molecule has 2 aromatic carbocycles. The van der Waals surface area contributed by atoms with Gasteiger partial charge in [-0.25, -0.2) is 27.2 Å². The number of nitrogens with zero attached hydrogens (tertiary/aromatic N) is 4. The number of nitrogen functional groups attached to an aromatic ring is 1. The van der Waals surface area contributed by atoms with Crippen LogP contribution in [0, 0.1) is 11.6 Å². The van der Waals surface area contributed by atoms with E-state index >= 15 is 0 Å². The van der Waals surface area contributed by atoms with Crippen molar-refractivity contribution in [3.05, 3.63) is 71.6 Å². The minimum absolute atomic E-state index is 0.0281. The Bertz CT molecular complexity index is 1620. The van der Waals surface area contributed by atoms with Crippen molar-refractivity contribution in [3.8, 4) is 22.8 Å². The standard InChI is InChI=1S/C21H13F2N5O4S2/c22-14-8-18(34(29,30)9-19-26-10-27-33-19)15(23)7-17(14)31-21-12(2-1-5-25-21)11-3-4-16-13(6-11)20(24)28-32-16/h1-8,10H,9H2,(H2,24,28). The topological polar surface area (TPSA) is 134 Å². The highest BCUT2D eigenvalue weighted by Crippen LogP contribution is 2.36. The number of benzene rings is 2. The Kier molecular flexibility index (Phi) is 5.42. The maximum Gasteiger partial charge on any atom is 0.227 e. The molecule has 9 nitrogen and oxygen atoms in total. The number of fused-ring (bicyclic) bond motifs is 1. The number of pyridine rings is 1. The number of sulfone groups is 1. The van der Waals surface area contributed by atoms with Crippen molar-refractivity contribution in [2.24, 2.45) is 0 Å². The lowest BCUT2D eigenvalue weighted by Crippen LogP contribution is -2.08. The van der Waals surface area contributed by atoms with Crippen LogP contribution < -0.4 is 10.5 Å². The van der Waals surface area contributed by atoms with Gasteiger partial charge in [0.25, 0.3) is 0 Å². The Morgan fingerprint density at radius 2 is 1.94 bits per heavy atom. The summed E-state index contributed by atoms with van der Waals surface area (Å²) in [7, 11) is -4.20. The molecule has 0 spiro atoms. The fraction of sp³-hybridized carbons (Fsp3) is 0.0476. The second-order valence-corrected chi connectivity index (χ2v) is 9.87. The lowest BCUT2D eigenvalue weighted by molar-refractivity contribution is 0.420. The zero-order chi connectivity index (χ0) is 23.9. The van der Waals surface area contributed by atoms with Crippen LogP contribution in [0.2, 0.25) is 0 Å². The summed E-state index contributed by atoms with van der Waals surface area (Å²) in [4.78, 5) is 7.09. The normalized spacial score (nSPS) is 11.7. The maximum absolute atomic E-state index is 14.8. The van der Waals surface area contributed by atoms with Crippen molar-refractivity contribution >= 4 is 38.2 Å². The van der Waals surface area contributed by atoms with Gasteiger partial charge < -0.3 is 15.0 Å². The van der Waals surface area contributed by atoms with Crippen molar-refractivity contribution in [2.45, 2.75) is 10.6 Å². The molecular weight excluding hydrogens is 488 g/mol. The van der Waals surface area contributed by atoms with Crippen LogP contribution in [-0.4, -0.2) is 27.9 Å². The number of hydrogen-bond donors (Lipinski definition) is 1. The van der Waals surface area contributed by atoms with Crippen LogP contribution in [0.1, 0.15) is 5.01 Å². The summed E-state index contributed by atoms with van der Waals surface area (Å²) in [5, 5.41) is 4.42. The van der Waals surface area contributed by atoms with Gasteiger partial charge in [-0.15, -0.1) is 0 Å². The minimum atomic E-state index is -4.20. The van der Waals surface area contributed by atoms with Crippen molar-refractivity contribution in [1.82, 2.24) is 19.5 Å². The van der Waals surface area contributed by atoms with Crippen molar-refractivity contribution in [2.75, 3.05) is 5.73 Å². The zero-order valence-corrected chi connectivity index (χ0v) is 18.6. The molecule has 0 saturated carbocycles. The van der Waals surface area contributed by atoms with Crippen LogP contribution in [-0.2, 0) is 15.6 Å². The molecule has 13 heteroatoms. The summed E-state index contributed by atoms with van der Waals surface area (Å²) in [5.74, 6) is -3.21. The molecule has 3 aromatic heterocycles. The van der Waals surface area contributed by atoms with Gasteiger partial charge in [-0.1, -0.05) is 11.2 Å². The first kappa shape index (κ1) is 21.9. The first-order valence-electron chi connectivity index (χ1n) is 9.57. The van der Waals surface area contributed by atoms with E-state index in [0.717, 1.165) is 11.5 Å². The van der Waals surface area contributed by atoms with Crippen LogP contribution in [0.4, 0.5) is 14.6 Å². The van der Waals surface area contributed by atoms with Crippen molar-refractivity contribution < 1.29 is 26.5 Å². The van der Waals surface area contributed by atoms with Gasteiger partial charge in [-0.2, -0.15) is 4.37 Å². The Hall–Kier alpha value is -3.97. The summed E-state index contributed by atoms with van der Waals surface area (Å²) in [5.41, 5.74) is 7.36. The Morgan fingerprint density at radius 1 is 1.09 bits per heavy atom. The molecule has 0 bridgehead atoms. The minimum Gasteiger partial charge on any atom is -0.435 e. The number of ether oxygens (including phenoxy) is 1. The van der Waals surface area contributed by atoms with Gasteiger partial charge >= 0.3 is 0 Å². The van der Waals surface area contributed by atoms with Crippen molar-refractivity contribution in [1.29, 1.82) is 0 Å². The average Bonchev–Trinajstić information content (AvgIpc) is 3.45. The first-order chi connectivity index (χ1) is 16.3. The number of halogens is 2. The summed E-state index contributed by atoms with van der Waals surface area (Å²) in [6.07, 6.45) is 2.60. The molecule has 0 aliphatic rings. The highest BCUT2D eigenvalue weighted by atomic mass is 32.2. The number of anilines is 1. The molecule has 0 radical (unpaired) electrons. The third kappa shape index (κ3) is 4.06. The molecule has 0 aliphatic heterocycles. The van der Waals surface area contributed by atoms with Gasteiger partial charge in [0.05, 0.1) is 5.39 Å². The third-order valence-electron chi connectivity index (χ3n) is 4.83. The van der Waals surface area contributed by atoms with Gasteiger partial charge in [0.1, 0.15) is 27.8 Å². The average molecular weight is 501 g/mol. The third-order valence-corrected chi connectivity index (χ3v) is 7.31.